The minimum Gasteiger partial charge on any atom is -0.361 e. The van der Waals surface area contributed by atoms with Crippen LogP contribution in [0.3, 0.4) is 0 Å². The number of Topliss-reactive ketones (excluding diaryl/α,β-unsaturated/α-hetero) is 1. The maximum Gasteiger partial charge on any atom is 0.205 e. The van der Waals surface area contributed by atoms with E-state index in [1.54, 1.807) is 0 Å². The number of hydrogen-bond acceptors (Lipinski definition) is 3. The third-order valence-corrected chi connectivity index (χ3v) is 7.09. The van der Waals surface area contributed by atoms with Gasteiger partial charge in [0.25, 0.3) is 0 Å². The number of nitrogens with zero attached hydrogens (tertiary/aromatic N) is 1. The van der Waals surface area contributed by atoms with Gasteiger partial charge >= 0.3 is 0 Å². The number of benzene rings is 2. The van der Waals surface area contributed by atoms with Gasteiger partial charge in [0.05, 0.1) is 0 Å². The Morgan fingerprint density at radius 3 is 2.65 bits per heavy atom. The topological polar surface area (TPSA) is 32.3 Å². The first kappa shape index (κ1) is 20.1. The van der Waals surface area contributed by atoms with Crippen molar-refractivity contribution in [2.75, 3.05) is 6.54 Å². The van der Waals surface area contributed by atoms with Crippen LogP contribution in [0, 0.1) is 6.92 Å². The molecule has 1 atom stereocenters. The Bertz CT molecular complexity index is 1010. The second-order valence-corrected chi connectivity index (χ2v) is 9.26. The van der Waals surface area contributed by atoms with E-state index in [0.717, 1.165) is 30.9 Å². The Morgan fingerprint density at radius 2 is 1.87 bits per heavy atom. The quantitative estimate of drug-likeness (QED) is 0.575. The molecular weight excluding hydrogens is 380 g/mol. The highest BCUT2D eigenvalue weighted by atomic mass is 16.1. The number of aryl methyl sites for hydroxylation is 1. The zero-order valence-electron chi connectivity index (χ0n) is 18.4. The lowest BCUT2D eigenvalue weighted by molar-refractivity contribution is 0.0866. The van der Waals surface area contributed by atoms with Crippen LogP contribution in [0.4, 0.5) is 0 Å². The highest BCUT2D eigenvalue weighted by Crippen LogP contribution is 2.37. The van der Waals surface area contributed by atoms with E-state index in [4.69, 9.17) is 0 Å². The van der Waals surface area contributed by atoms with Gasteiger partial charge in [-0.1, -0.05) is 72.7 Å². The first-order valence-corrected chi connectivity index (χ1v) is 11.8. The fourth-order valence-electron chi connectivity index (χ4n) is 5.02. The first-order valence-electron chi connectivity index (χ1n) is 11.8. The van der Waals surface area contributed by atoms with Crippen molar-refractivity contribution < 1.29 is 4.79 Å². The van der Waals surface area contributed by atoms with E-state index in [0.29, 0.717) is 0 Å². The molecule has 1 N–H and O–H groups in total. The summed E-state index contributed by atoms with van der Waals surface area (Å²) in [4.78, 5) is 15.6. The summed E-state index contributed by atoms with van der Waals surface area (Å²) >= 11 is 0. The van der Waals surface area contributed by atoms with Gasteiger partial charge in [-0.2, -0.15) is 0 Å². The van der Waals surface area contributed by atoms with Gasteiger partial charge in [-0.25, -0.2) is 0 Å². The molecule has 0 amide bonds. The molecule has 0 radical (unpaired) electrons. The van der Waals surface area contributed by atoms with Gasteiger partial charge in [-0.15, -0.1) is 0 Å². The molecule has 3 nitrogen and oxygen atoms in total. The van der Waals surface area contributed by atoms with Gasteiger partial charge in [-0.3, -0.25) is 4.79 Å². The van der Waals surface area contributed by atoms with E-state index >= 15 is 0 Å². The number of hydrogen-bond donors (Lipinski definition) is 1. The highest BCUT2D eigenvalue weighted by Gasteiger charge is 2.36. The summed E-state index contributed by atoms with van der Waals surface area (Å²) in [6.07, 6.45) is 12.7. The van der Waals surface area contributed by atoms with Crippen LogP contribution in [0.15, 0.2) is 66.0 Å². The molecule has 3 aliphatic rings. The van der Waals surface area contributed by atoms with Gasteiger partial charge < -0.3 is 10.2 Å². The standard InChI is InChI=1S/C28H32N2O/c1-20-14-16-23(17-15-20)27(31)28-29-25-12-2-3-13-26(25)30(28)18-6-8-21-7-4-11-24(19-21)22-9-5-10-22/h4,6-8,11,14-17,19,22,28-29H,2-3,5,9-10,12-13,18H2,1H3/b8-6+. The van der Waals surface area contributed by atoms with Crippen LogP contribution in [-0.4, -0.2) is 23.4 Å². The fourth-order valence-corrected chi connectivity index (χ4v) is 5.02. The molecule has 0 spiro atoms. The second-order valence-electron chi connectivity index (χ2n) is 9.26. The van der Waals surface area contributed by atoms with Crippen molar-refractivity contribution in [1.29, 1.82) is 0 Å². The van der Waals surface area contributed by atoms with Crippen LogP contribution in [0.1, 0.15) is 77.9 Å². The first-order chi connectivity index (χ1) is 15.2. The van der Waals surface area contributed by atoms with Crippen LogP contribution >= 0.6 is 0 Å². The monoisotopic (exact) mass is 412 g/mol. The maximum atomic E-state index is 13.3. The summed E-state index contributed by atoms with van der Waals surface area (Å²) in [7, 11) is 0. The summed E-state index contributed by atoms with van der Waals surface area (Å²) in [6.45, 7) is 2.81. The molecule has 1 saturated carbocycles. The van der Waals surface area contributed by atoms with E-state index in [1.807, 2.05) is 24.3 Å². The van der Waals surface area contributed by atoms with Crippen molar-refractivity contribution in [3.63, 3.8) is 0 Å². The molecule has 3 heteroatoms. The minimum absolute atomic E-state index is 0.162. The fraction of sp³-hybridized carbons (Fsp3) is 0.393. The van der Waals surface area contributed by atoms with Gasteiger partial charge in [0.15, 0.2) is 6.17 Å². The number of nitrogens with one attached hydrogen (secondary N) is 1. The molecule has 2 aromatic rings. The Balaban J connectivity index is 1.34. The molecular formula is C28H32N2O. The second kappa shape index (κ2) is 8.74. The third kappa shape index (κ3) is 4.19. The number of ketones is 1. The van der Waals surface area contributed by atoms with Crippen LogP contribution in [0.5, 0.6) is 0 Å². The van der Waals surface area contributed by atoms with Gasteiger partial charge in [0.1, 0.15) is 0 Å². The molecule has 0 bridgehead atoms. The molecule has 160 valence electrons. The van der Waals surface area contributed by atoms with Gasteiger partial charge in [0.2, 0.25) is 5.78 Å². The van der Waals surface area contributed by atoms with Crippen molar-refractivity contribution in [2.24, 2.45) is 0 Å². The van der Waals surface area contributed by atoms with Crippen molar-refractivity contribution in [3.05, 3.63) is 88.3 Å². The van der Waals surface area contributed by atoms with Gasteiger partial charge in [0, 0.05) is 23.5 Å². The maximum absolute atomic E-state index is 13.3. The number of carbonyl (C=O) groups excluding carboxylic acids is 1. The summed E-state index contributed by atoms with van der Waals surface area (Å²) < 4.78 is 0. The summed E-state index contributed by atoms with van der Waals surface area (Å²) in [5.41, 5.74) is 7.31. The molecule has 1 aliphatic heterocycles. The molecule has 31 heavy (non-hydrogen) atoms. The van der Waals surface area contributed by atoms with Crippen LogP contribution in [0.2, 0.25) is 0 Å². The summed E-state index contributed by atoms with van der Waals surface area (Å²) in [5, 5.41) is 3.57. The smallest absolute Gasteiger partial charge is 0.205 e. The SMILES string of the molecule is Cc1ccc(C(=O)C2NC3=C(CCCC3)N2C/C=C/c2cccc(C3CCC3)c2)cc1. The average Bonchev–Trinajstić information content (AvgIpc) is 3.12. The van der Waals surface area contributed by atoms with E-state index in [1.165, 1.54) is 60.2 Å². The molecule has 2 aliphatic carbocycles. The molecule has 2 aromatic carbocycles. The third-order valence-electron chi connectivity index (χ3n) is 7.09. The molecule has 0 saturated heterocycles. The van der Waals surface area contributed by atoms with E-state index in [9.17, 15) is 4.79 Å². The number of allylic oxidation sites excluding steroid dienone is 2. The lowest BCUT2D eigenvalue weighted by Gasteiger charge is -2.27. The Kier molecular flexibility index (Phi) is 5.67. The van der Waals surface area contributed by atoms with Crippen molar-refractivity contribution >= 4 is 11.9 Å². The summed E-state index contributed by atoms with van der Waals surface area (Å²) in [6, 6.07) is 16.9. The van der Waals surface area contributed by atoms with Crippen molar-refractivity contribution in [2.45, 2.75) is 64.0 Å². The van der Waals surface area contributed by atoms with Gasteiger partial charge in [-0.05, 0) is 62.5 Å². The van der Waals surface area contributed by atoms with Crippen LogP contribution in [0.25, 0.3) is 6.08 Å². The summed E-state index contributed by atoms with van der Waals surface area (Å²) in [5.74, 6) is 0.914. The molecule has 5 rings (SSSR count). The Morgan fingerprint density at radius 1 is 1.06 bits per heavy atom. The van der Waals surface area contributed by atoms with Crippen molar-refractivity contribution in [1.82, 2.24) is 10.2 Å². The van der Waals surface area contributed by atoms with Crippen LogP contribution < -0.4 is 5.32 Å². The average molecular weight is 413 g/mol. The lowest BCUT2D eigenvalue weighted by Crippen LogP contribution is -2.44. The Labute approximate surface area is 185 Å². The zero-order valence-corrected chi connectivity index (χ0v) is 18.4. The highest BCUT2D eigenvalue weighted by molar-refractivity contribution is 6.00. The largest absolute Gasteiger partial charge is 0.361 e. The molecule has 1 fully saturated rings. The molecule has 1 unspecified atom stereocenters. The number of rotatable bonds is 6. The Hall–Kier alpha value is -2.81. The predicted molar refractivity (Wildman–Crippen MR) is 127 cm³/mol. The lowest BCUT2D eigenvalue weighted by atomic mass is 9.80. The number of carbonyl (C=O) groups is 1. The minimum atomic E-state index is -0.295. The van der Waals surface area contributed by atoms with E-state index < -0.39 is 0 Å². The van der Waals surface area contributed by atoms with E-state index in [2.05, 4.69) is 53.6 Å². The molecule has 0 aromatic heterocycles. The van der Waals surface area contributed by atoms with Crippen LogP contribution in [-0.2, 0) is 0 Å². The molecule has 1 heterocycles. The predicted octanol–water partition coefficient (Wildman–Crippen LogP) is 6.18. The van der Waals surface area contributed by atoms with Crippen molar-refractivity contribution in [3.8, 4) is 0 Å². The zero-order chi connectivity index (χ0) is 21.2. The normalized spacial score (nSPS) is 21.2. The van der Waals surface area contributed by atoms with E-state index in [-0.39, 0.29) is 11.9 Å².